The minimum absolute atomic E-state index is 0.264. The van der Waals surface area contributed by atoms with Crippen LogP contribution in [-0.4, -0.2) is 76.8 Å². The first kappa shape index (κ1) is 20.0. The molecule has 33 heavy (non-hydrogen) atoms. The summed E-state index contributed by atoms with van der Waals surface area (Å²) in [5.41, 5.74) is 3.19. The molecule has 2 aromatic heterocycles. The fourth-order valence-corrected chi connectivity index (χ4v) is 5.00. The van der Waals surface area contributed by atoms with Gasteiger partial charge in [0.15, 0.2) is 5.65 Å². The third kappa shape index (κ3) is 3.46. The number of hydrogen-bond acceptors (Lipinski definition) is 7. The minimum Gasteiger partial charge on any atom is -0.485 e. The van der Waals surface area contributed by atoms with Crippen LogP contribution in [0.4, 0.5) is 11.4 Å². The Bertz CT molecular complexity index is 1240. The Morgan fingerprint density at radius 3 is 2.91 bits per heavy atom. The highest BCUT2D eigenvalue weighted by Crippen LogP contribution is 2.45. The van der Waals surface area contributed by atoms with Crippen molar-refractivity contribution in [1.82, 2.24) is 19.5 Å². The van der Waals surface area contributed by atoms with Crippen LogP contribution < -0.4 is 15.0 Å². The number of likely N-dealkylation sites (tertiary alicyclic amines) is 1. The van der Waals surface area contributed by atoms with E-state index < -0.39 is 0 Å². The summed E-state index contributed by atoms with van der Waals surface area (Å²) >= 11 is 0. The number of ether oxygens (including phenoxy) is 2. The largest absolute Gasteiger partial charge is 0.485 e. The lowest BCUT2D eigenvalue weighted by atomic mass is 9.96. The standard InChI is InChI=1S/C23H24N6O4/c30-15-27-5-2-23(14-27)12-16-10-18(19(11-20(16)33-23)28-6-8-32-9-7-28)26-22(31)17-13-25-29-4-1-3-24-21(17)29/h1,3-4,10-11,13,15H,2,5-9,12,14H2,(H,26,31). The van der Waals surface area contributed by atoms with Gasteiger partial charge in [0.1, 0.15) is 16.9 Å². The molecule has 170 valence electrons. The maximum absolute atomic E-state index is 13.2. The molecular weight excluding hydrogens is 424 g/mol. The second kappa shape index (κ2) is 7.73. The normalized spacial score (nSPS) is 21.9. The van der Waals surface area contributed by atoms with Crippen molar-refractivity contribution >= 4 is 29.3 Å². The summed E-state index contributed by atoms with van der Waals surface area (Å²) in [6, 6.07) is 5.79. The van der Waals surface area contributed by atoms with Crippen LogP contribution in [0.25, 0.3) is 5.65 Å². The number of carbonyl (C=O) groups is 2. The molecule has 6 rings (SSSR count). The molecule has 3 aliphatic rings. The molecule has 10 heteroatoms. The zero-order valence-electron chi connectivity index (χ0n) is 18.1. The maximum atomic E-state index is 13.2. The van der Waals surface area contributed by atoms with Gasteiger partial charge >= 0.3 is 0 Å². The topological polar surface area (TPSA) is 101 Å². The van der Waals surface area contributed by atoms with Crippen molar-refractivity contribution in [3.8, 4) is 5.75 Å². The van der Waals surface area contributed by atoms with Crippen LogP contribution in [0, 0.1) is 0 Å². The number of nitrogens with one attached hydrogen (secondary N) is 1. The second-order valence-electron chi connectivity index (χ2n) is 8.76. The molecule has 0 radical (unpaired) electrons. The van der Waals surface area contributed by atoms with Crippen molar-refractivity contribution in [2.24, 2.45) is 0 Å². The highest BCUT2D eigenvalue weighted by atomic mass is 16.5. The predicted octanol–water partition coefficient (Wildman–Crippen LogP) is 1.35. The van der Waals surface area contributed by atoms with E-state index in [1.165, 1.54) is 6.20 Å². The molecule has 3 aromatic rings. The van der Waals surface area contributed by atoms with Crippen molar-refractivity contribution in [1.29, 1.82) is 0 Å². The van der Waals surface area contributed by atoms with Crippen molar-refractivity contribution in [2.75, 3.05) is 49.6 Å². The molecular formula is C23H24N6O4. The van der Waals surface area contributed by atoms with Crippen molar-refractivity contribution < 1.29 is 19.1 Å². The molecule has 3 aliphatic heterocycles. The van der Waals surface area contributed by atoms with Crippen LogP contribution in [0.3, 0.4) is 0 Å². The van der Waals surface area contributed by atoms with Gasteiger partial charge in [-0.2, -0.15) is 5.10 Å². The Balaban J connectivity index is 1.34. The first-order valence-electron chi connectivity index (χ1n) is 11.1. The monoisotopic (exact) mass is 448 g/mol. The van der Waals surface area contributed by atoms with Gasteiger partial charge in [-0.05, 0) is 12.1 Å². The number of amides is 2. The van der Waals surface area contributed by atoms with E-state index in [1.54, 1.807) is 27.9 Å². The first-order chi connectivity index (χ1) is 16.1. The van der Waals surface area contributed by atoms with Gasteiger partial charge < -0.3 is 24.6 Å². The van der Waals surface area contributed by atoms with Gasteiger partial charge in [-0.15, -0.1) is 0 Å². The third-order valence-corrected chi connectivity index (χ3v) is 6.64. The molecule has 2 amide bonds. The molecule has 1 spiro atoms. The predicted molar refractivity (Wildman–Crippen MR) is 120 cm³/mol. The minimum atomic E-state index is -0.388. The molecule has 1 atom stereocenters. The van der Waals surface area contributed by atoms with E-state index in [-0.39, 0.29) is 11.5 Å². The van der Waals surface area contributed by atoms with Gasteiger partial charge in [0.25, 0.3) is 5.91 Å². The molecule has 2 fully saturated rings. The van der Waals surface area contributed by atoms with E-state index in [9.17, 15) is 9.59 Å². The Morgan fingerprint density at radius 1 is 1.21 bits per heavy atom. The first-order valence-corrected chi connectivity index (χ1v) is 11.1. The molecule has 1 aromatic carbocycles. The van der Waals surface area contributed by atoms with Crippen LogP contribution in [0.2, 0.25) is 0 Å². The van der Waals surface area contributed by atoms with Gasteiger partial charge in [0, 0.05) is 56.5 Å². The number of carbonyl (C=O) groups excluding carboxylic acids is 2. The van der Waals surface area contributed by atoms with Gasteiger partial charge in [0.2, 0.25) is 6.41 Å². The molecule has 1 N–H and O–H groups in total. The molecule has 0 saturated carbocycles. The van der Waals surface area contributed by atoms with E-state index in [1.807, 2.05) is 12.1 Å². The van der Waals surface area contributed by atoms with Crippen molar-refractivity contribution in [3.05, 3.63) is 47.9 Å². The zero-order chi connectivity index (χ0) is 22.4. The van der Waals surface area contributed by atoms with E-state index in [0.717, 1.165) is 48.6 Å². The lowest BCUT2D eigenvalue weighted by Crippen LogP contribution is -2.37. The zero-order valence-corrected chi connectivity index (χ0v) is 18.1. The molecule has 0 bridgehead atoms. The lowest BCUT2D eigenvalue weighted by molar-refractivity contribution is -0.117. The van der Waals surface area contributed by atoms with Gasteiger partial charge in [-0.3, -0.25) is 9.59 Å². The third-order valence-electron chi connectivity index (χ3n) is 6.64. The quantitative estimate of drug-likeness (QED) is 0.602. The van der Waals surface area contributed by atoms with E-state index in [2.05, 4.69) is 20.3 Å². The van der Waals surface area contributed by atoms with E-state index in [0.29, 0.717) is 43.9 Å². The molecule has 5 heterocycles. The Morgan fingerprint density at radius 2 is 2.09 bits per heavy atom. The summed E-state index contributed by atoms with van der Waals surface area (Å²) in [7, 11) is 0. The van der Waals surface area contributed by atoms with Crippen LogP contribution in [0.5, 0.6) is 5.75 Å². The van der Waals surface area contributed by atoms with E-state index >= 15 is 0 Å². The van der Waals surface area contributed by atoms with Gasteiger partial charge in [-0.1, -0.05) is 0 Å². The Kier molecular flexibility index (Phi) is 4.68. The summed E-state index contributed by atoms with van der Waals surface area (Å²) in [5, 5.41) is 7.32. The van der Waals surface area contributed by atoms with Gasteiger partial charge in [0.05, 0.1) is 37.3 Å². The average Bonchev–Trinajstić information content (AvgIpc) is 3.55. The molecule has 2 saturated heterocycles. The SMILES string of the molecule is O=CN1CCC2(Cc3cc(NC(=O)c4cnn5cccnc45)c(N4CCOCC4)cc3O2)C1. The van der Waals surface area contributed by atoms with Crippen LogP contribution in [0.1, 0.15) is 22.3 Å². The number of rotatable bonds is 4. The number of nitrogens with zero attached hydrogens (tertiary/aromatic N) is 5. The number of benzene rings is 1. The highest BCUT2D eigenvalue weighted by molar-refractivity contribution is 6.09. The van der Waals surface area contributed by atoms with Crippen LogP contribution in [0.15, 0.2) is 36.8 Å². The van der Waals surface area contributed by atoms with Crippen LogP contribution >= 0.6 is 0 Å². The molecule has 0 aliphatic carbocycles. The number of hydrogen-bond donors (Lipinski definition) is 1. The Hall–Kier alpha value is -3.66. The summed E-state index contributed by atoms with van der Waals surface area (Å²) in [5.74, 6) is 0.555. The number of morpholine rings is 1. The van der Waals surface area contributed by atoms with Gasteiger partial charge in [-0.25, -0.2) is 9.50 Å². The fourth-order valence-electron chi connectivity index (χ4n) is 5.00. The fraction of sp³-hybridized carbons (Fsp3) is 0.391. The van der Waals surface area contributed by atoms with Crippen molar-refractivity contribution in [2.45, 2.75) is 18.4 Å². The summed E-state index contributed by atoms with van der Waals surface area (Å²) in [4.78, 5) is 32.7. The van der Waals surface area contributed by atoms with E-state index in [4.69, 9.17) is 9.47 Å². The summed E-state index contributed by atoms with van der Waals surface area (Å²) in [6.45, 7) is 3.98. The maximum Gasteiger partial charge on any atom is 0.261 e. The average molecular weight is 448 g/mol. The molecule has 10 nitrogen and oxygen atoms in total. The number of fused-ring (bicyclic) bond motifs is 2. The number of anilines is 2. The molecule has 1 unspecified atom stereocenters. The van der Waals surface area contributed by atoms with Crippen LogP contribution in [-0.2, 0) is 16.0 Å². The second-order valence-corrected chi connectivity index (χ2v) is 8.76. The number of aromatic nitrogens is 3. The smallest absolute Gasteiger partial charge is 0.261 e. The van der Waals surface area contributed by atoms with Crippen molar-refractivity contribution in [3.63, 3.8) is 0 Å². The summed E-state index contributed by atoms with van der Waals surface area (Å²) in [6.07, 6.45) is 7.32. The highest BCUT2D eigenvalue weighted by Gasteiger charge is 2.45. The Labute approximate surface area is 190 Å². The summed E-state index contributed by atoms with van der Waals surface area (Å²) < 4.78 is 13.5. The lowest BCUT2D eigenvalue weighted by Gasteiger charge is -2.31.